The van der Waals surface area contributed by atoms with Crippen LogP contribution in [0.1, 0.15) is 30.0 Å². The molecule has 0 saturated carbocycles. The molecule has 21 heavy (non-hydrogen) atoms. The van der Waals surface area contributed by atoms with Crippen molar-refractivity contribution in [1.29, 1.82) is 0 Å². The molecule has 0 fully saturated rings. The largest absolute Gasteiger partial charge is 0.489 e. The molecule has 2 aromatic carbocycles. The van der Waals surface area contributed by atoms with Gasteiger partial charge < -0.3 is 10.1 Å². The van der Waals surface area contributed by atoms with Gasteiger partial charge in [0.15, 0.2) is 0 Å². The number of rotatable bonds is 7. The molecule has 0 atom stereocenters. The van der Waals surface area contributed by atoms with Gasteiger partial charge in [0.25, 0.3) is 0 Å². The first-order chi connectivity index (χ1) is 10.2. The lowest BCUT2D eigenvalue weighted by atomic mass is 10.1. The van der Waals surface area contributed by atoms with Crippen LogP contribution in [0.3, 0.4) is 0 Å². The number of hydrogen-bond acceptors (Lipinski definition) is 2. The van der Waals surface area contributed by atoms with Crippen molar-refractivity contribution in [2.24, 2.45) is 0 Å². The average molecular weight is 304 g/mol. The number of ether oxygens (including phenoxy) is 1. The second-order valence-electron chi connectivity index (χ2n) is 5.17. The van der Waals surface area contributed by atoms with Crippen LogP contribution in [0.5, 0.6) is 5.75 Å². The van der Waals surface area contributed by atoms with Gasteiger partial charge in [-0.2, -0.15) is 0 Å². The predicted octanol–water partition coefficient (Wildman–Crippen LogP) is 4.73. The molecule has 2 rings (SSSR count). The molecule has 0 spiro atoms. The topological polar surface area (TPSA) is 21.3 Å². The van der Waals surface area contributed by atoms with Gasteiger partial charge >= 0.3 is 0 Å². The van der Waals surface area contributed by atoms with E-state index in [2.05, 4.69) is 24.4 Å². The first-order valence-corrected chi connectivity index (χ1v) is 7.75. The first kappa shape index (κ1) is 15.9. The number of halogens is 1. The molecule has 0 aliphatic heterocycles. The zero-order valence-corrected chi connectivity index (χ0v) is 13.4. The molecule has 0 aliphatic carbocycles. The third-order valence-corrected chi connectivity index (χ3v) is 3.66. The van der Waals surface area contributed by atoms with E-state index in [0.717, 1.165) is 41.4 Å². The fourth-order valence-electron chi connectivity index (χ4n) is 2.12. The maximum absolute atomic E-state index is 6.25. The summed E-state index contributed by atoms with van der Waals surface area (Å²) in [4.78, 5) is 0. The van der Waals surface area contributed by atoms with Crippen LogP contribution in [0.25, 0.3) is 0 Å². The van der Waals surface area contributed by atoms with Crippen LogP contribution in [0.2, 0.25) is 5.02 Å². The summed E-state index contributed by atoms with van der Waals surface area (Å²) in [7, 11) is 0. The predicted molar refractivity (Wildman–Crippen MR) is 89.0 cm³/mol. The van der Waals surface area contributed by atoms with E-state index in [1.165, 1.54) is 5.56 Å². The van der Waals surface area contributed by atoms with Crippen LogP contribution in [0.4, 0.5) is 0 Å². The van der Waals surface area contributed by atoms with E-state index in [9.17, 15) is 0 Å². The van der Waals surface area contributed by atoms with Gasteiger partial charge in [0, 0.05) is 22.7 Å². The monoisotopic (exact) mass is 303 g/mol. The standard InChI is InChI=1S/C18H22ClNO/c1-3-10-20-12-15-6-4-5-7-18(15)21-13-16-9-8-14(2)11-17(16)19/h4-9,11,20H,3,10,12-13H2,1-2H3. The molecular formula is C18H22ClNO. The van der Waals surface area contributed by atoms with Crippen molar-refractivity contribution in [2.45, 2.75) is 33.4 Å². The van der Waals surface area contributed by atoms with E-state index in [1.54, 1.807) is 0 Å². The minimum Gasteiger partial charge on any atom is -0.489 e. The molecule has 0 saturated heterocycles. The van der Waals surface area contributed by atoms with E-state index >= 15 is 0 Å². The molecule has 0 aliphatic rings. The number of aryl methyl sites for hydroxylation is 1. The summed E-state index contributed by atoms with van der Waals surface area (Å²) in [5.74, 6) is 0.915. The van der Waals surface area contributed by atoms with Crippen LogP contribution in [-0.4, -0.2) is 6.54 Å². The summed E-state index contributed by atoms with van der Waals surface area (Å²) < 4.78 is 5.95. The Labute approximate surface area is 132 Å². The molecule has 0 bridgehead atoms. The van der Waals surface area contributed by atoms with E-state index in [0.29, 0.717) is 6.61 Å². The fraction of sp³-hybridized carbons (Fsp3) is 0.333. The average Bonchev–Trinajstić information content (AvgIpc) is 2.48. The molecule has 2 nitrogen and oxygen atoms in total. The van der Waals surface area contributed by atoms with Crippen molar-refractivity contribution in [3.05, 3.63) is 64.2 Å². The summed E-state index contributed by atoms with van der Waals surface area (Å²) in [6.07, 6.45) is 1.13. The SMILES string of the molecule is CCCNCc1ccccc1OCc1ccc(C)cc1Cl. The molecule has 0 heterocycles. The third-order valence-electron chi connectivity index (χ3n) is 3.31. The zero-order valence-electron chi connectivity index (χ0n) is 12.7. The van der Waals surface area contributed by atoms with Crippen molar-refractivity contribution in [1.82, 2.24) is 5.32 Å². The fourth-order valence-corrected chi connectivity index (χ4v) is 2.41. The Morgan fingerprint density at radius 3 is 2.67 bits per heavy atom. The molecule has 0 unspecified atom stereocenters. The Kier molecular flexibility index (Phi) is 6.09. The van der Waals surface area contributed by atoms with Crippen molar-refractivity contribution in [3.8, 4) is 5.75 Å². The van der Waals surface area contributed by atoms with Crippen molar-refractivity contribution >= 4 is 11.6 Å². The summed E-state index contributed by atoms with van der Waals surface area (Å²) in [5.41, 5.74) is 3.35. The van der Waals surface area contributed by atoms with Gasteiger partial charge in [-0.15, -0.1) is 0 Å². The smallest absolute Gasteiger partial charge is 0.124 e. The summed E-state index contributed by atoms with van der Waals surface area (Å²) in [5, 5.41) is 4.16. The molecule has 0 amide bonds. The van der Waals surface area contributed by atoms with Gasteiger partial charge in [-0.3, -0.25) is 0 Å². The second-order valence-corrected chi connectivity index (χ2v) is 5.58. The minimum atomic E-state index is 0.490. The number of nitrogens with one attached hydrogen (secondary N) is 1. The Morgan fingerprint density at radius 1 is 1.10 bits per heavy atom. The van der Waals surface area contributed by atoms with E-state index in [1.807, 2.05) is 37.3 Å². The Balaban J connectivity index is 2.02. The second kappa shape index (κ2) is 8.06. The highest BCUT2D eigenvalue weighted by Crippen LogP contribution is 2.22. The van der Waals surface area contributed by atoms with Gasteiger partial charge in [-0.1, -0.05) is 48.9 Å². The number of hydrogen-bond donors (Lipinski definition) is 1. The molecule has 1 N–H and O–H groups in total. The summed E-state index contributed by atoms with van der Waals surface area (Å²) in [6.45, 7) is 6.52. The van der Waals surface area contributed by atoms with Crippen molar-refractivity contribution in [2.75, 3.05) is 6.54 Å². The zero-order chi connectivity index (χ0) is 15.1. The van der Waals surface area contributed by atoms with Gasteiger partial charge in [0.05, 0.1) is 0 Å². The molecule has 0 radical (unpaired) electrons. The van der Waals surface area contributed by atoms with Crippen LogP contribution >= 0.6 is 11.6 Å². The first-order valence-electron chi connectivity index (χ1n) is 7.37. The molecule has 112 valence electrons. The summed E-state index contributed by atoms with van der Waals surface area (Å²) in [6, 6.07) is 14.2. The van der Waals surface area contributed by atoms with Crippen LogP contribution < -0.4 is 10.1 Å². The van der Waals surface area contributed by atoms with Gasteiger partial charge in [-0.05, 0) is 37.6 Å². The van der Waals surface area contributed by atoms with Crippen LogP contribution in [-0.2, 0) is 13.2 Å². The Morgan fingerprint density at radius 2 is 1.90 bits per heavy atom. The molecular weight excluding hydrogens is 282 g/mol. The number of benzene rings is 2. The maximum Gasteiger partial charge on any atom is 0.124 e. The highest BCUT2D eigenvalue weighted by molar-refractivity contribution is 6.31. The van der Waals surface area contributed by atoms with E-state index in [4.69, 9.17) is 16.3 Å². The summed E-state index contributed by atoms with van der Waals surface area (Å²) >= 11 is 6.25. The van der Waals surface area contributed by atoms with Crippen molar-refractivity contribution in [3.63, 3.8) is 0 Å². The van der Waals surface area contributed by atoms with Gasteiger partial charge in [-0.25, -0.2) is 0 Å². The third kappa shape index (κ3) is 4.76. The quantitative estimate of drug-likeness (QED) is 0.747. The van der Waals surface area contributed by atoms with Crippen LogP contribution in [0, 0.1) is 6.92 Å². The Hall–Kier alpha value is -1.51. The van der Waals surface area contributed by atoms with Crippen LogP contribution in [0.15, 0.2) is 42.5 Å². The molecule has 3 heteroatoms. The van der Waals surface area contributed by atoms with Gasteiger partial charge in [0.1, 0.15) is 12.4 Å². The van der Waals surface area contributed by atoms with E-state index in [-0.39, 0.29) is 0 Å². The highest BCUT2D eigenvalue weighted by Gasteiger charge is 2.05. The van der Waals surface area contributed by atoms with E-state index < -0.39 is 0 Å². The highest BCUT2D eigenvalue weighted by atomic mass is 35.5. The lowest BCUT2D eigenvalue weighted by molar-refractivity contribution is 0.302. The Bertz CT molecular complexity index is 583. The maximum atomic E-state index is 6.25. The lowest BCUT2D eigenvalue weighted by Crippen LogP contribution is -2.14. The number of para-hydroxylation sites is 1. The lowest BCUT2D eigenvalue weighted by Gasteiger charge is -2.13. The molecule has 0 aromatic heterocycles. The molecule has 2 aromatic rings. The van der Waals surface area contributed by atoms with Crippen molar-refractivity contribution < 1.29 is 4.74 Å². The van der Waals surface area contributed by atoms with Gasteiger partial charge in [0.2, 0.25) is 0 Å². The normalized spacial score (nSPS) is 10.6. The minimum absolute atomic E-state index is 0.490.